The standard InChI is InChI=1S/C18H25N3O3S/c1-11-12-3-4-13(9-12)17(11)20-18(22)14-5-6-15(19)16(10-14)25(23,24)21-7-2-8-21/h5-6,10-13,17H,2-4,7-9,19H2,1H3,(H,20,22)/t11-,12+,13-,17?/m0/s1. The molecule has 25 heavy (non-hydrogen) atoms. The van der Waals surface area contributed by atoms with Gasteiger partial charge in [0.15, 0.2) is 0 Å². The van der Waals surface area contributed by atoms with Crippen LogP contribution in [-0.2, 0) is 10.0 Å². The summed E-state index contributed by atoms with van der Waals surface area (Å²) in [7, 11) is -3.61. The van der Waals surface area contributed by atoms with Crippen LogP contribution in [0.1, 0.15) is 43.0 Å². The third-order valence-electron chi connectivity index (χ3n) is 6.34. The maximum atomic E-state index is 12.7. The van der Waals surface area contributed by atoms with Gasteiger partial charge in [-0.2, -0.15) is 4.31 Å². The second kappa shape index (κ2) is 5.99. The summed E-state index contributed by atoms with van der Waals surface area (Å²) in [6.45, 7) is 3.24. The Morgan fingerprint density at radius 3 is 2.56 bits per heavy atom. The van der Waals surface area contributed by atoms with E-state index in [4.69, 9.17) is 5.73 Å². The average molecular weight is 363 g/mol. The van der Waals surface area contributed by atoms with Crippen molar-refractivity contribution in [3.8, 4) is 0 Å². The van der Waals surface area contributed by atoms with Gasteiger partial charge in [-0.25, -0.2) is 8.42 Å². The number of carbonyl (C=O) groups is 1. The Morgan fingerprint density at radius 1 is 1.24 bits per heavy atom. The van der Waals surface area contributed by atoms with E-state index in [-0.39, 0.29) is 22.5 Å². The fraction of sp³-hybridized carbons (Fsp3) is 0.611. The first-order valence-corrected chi connectivity index (χ1v) is 10.5. The van der Waals surface area contributed by atoms with Crippen molar-refractivity contribution in [3.63, 3.8) is 0 Å². The minimum Gasteiger partial charge on any atom is -0.398 e. The van der Waals surface area contributed by atoms with Crippen molar-refractivity contribution in [1.82, 2.24) is 9.62 Å². The van der Waals surface area contributed by atoms with Gasteiger partial charge in [0.2, 0.25) is 10.0 Å². The molecule has 7 heteroatoms. The number of nitrogen functional groups attached to an aromatic ring is 1. The number of nitrogens with zero attached hydrogens (tertiary/aromatic N) is 1. The molecule has 1 amide bonds. The van der Waals surface area contributed by atoms with Crippen LogP contribution in [0.4, 0.5) is 5.69 Å². The second-order valence-electron chi connectivity index (χ2n) is 7.70. The first-order chi connectivity index (χ1) is 11.9. The van der Waals surface area contributed by atoms with Crippen LogP contribution in [0, 0.1) is 17.8 Å². The van der Waals surface area contributed by atoms with Gasteiger partial charge >= 0.3 is 0 Å². The van der Waals surface area contributed by atoms with E-state index in [0.29, 0.717) is 36.4 Å². The monoisotopic (exact) mass is 363 g/mol. The number of nitrogens with two attached hydrogens (primary N) is 1. The third-order valence-corrected chi connectivity index (χ3v) is 8.29. The molecule has 0 aromatic heterocycles. The molecule has 1 aromatic carbocycles. The number of benzene rings is 1. The first kappa shape index (κ1) is 16.8. The largest absolute Gasteiger partial charge is 0.398 e. The predicted octanol–water partition coefficient (Wildman–Crippen LogP) is 1.83. The predicted molar refractivity (Wildman–Crippen MR) is 95.5 cm³/mol. The number of sulfonamides is 1. The van der Waals surface area contributed by atoms with E-state index >= 15 is 0 Å². The highest BCUT2D eigenvalue weighted by molar-refractivity contribution is 7.89. The molecule has 1 aliphatic heterocycles. The highest BCUT2D eigenvalue weighted by atomic mass is 32.2. The zero-order chi connectivity index (χ0) is 17.8. The summed E-state index contributed by atoms with van der Waals surface area (Å²) < 4.78 is 26.7. The number of rotatable bonds is 4. The van der Waals surface area contributed by atoms with Crippen LogP contribution >= 0.6 is 0 Å². The fourth-order valence-electron chi connectivity index (χ4n) is 4.63. The summed E-state index contributed by atoms with van der Waals surface area (Å²) in [5.74, 6) is 1.55. The molecule has 0 radical (unpaired) electrons. The van der Waals surface area contributed by atoms with E-state index in [2.05, 4.69) is 12.2 Å². The summed E-state index contributed by atoms with van der Waals surface area (Å²) in [4.78, 5) is 12.7. The van der Waals surface area contributed by atoms with Crippen LogP contribution in [0.2, 0.25) is 0 Å². The number of carbonyl (C=O) groups excluding carboxylic acids is 1. The molecule has 2 saturated carbocycles. The highest BCUT2D eigenvalue weighted by Crippen LogP contribution is 2.48. The molecule has 3 fully saturated rings. The van der Waals surface area contributed by atoms with Crippen molar-refractivity contribution < 1.29 is 13.2 Å². The molecule has 1 saturated heterocycles. The Kier molecular flexibility index (Phi) is 4.03. The van der Waals surface area contributed by atoms with E-state index in [0.717, 1.165) is 6.42 Å². The number of amides is 1. The SMILES string of the molecule is C[C@@H]1C(NC(=O)c2ccc(N)c(S(=O)(=O)N3CCC3)c2)[C@H]2CC[C@@H]1C2. The van der Waals surface area contributed by atoms with Gasteiger partial charge in [0, 0.05) is 24.7 Å². The lowest BCUT2D eigenvalue weighted by atomic mass is 9.86. The molecule has 2 bridgehead atoms. The fourth-order valence-corrected chi connectivity index (χ4v) is 6.29. The molecule has 1 heterocycles. The van der Waals surface area contributed by atoms with E-state index in [1.54, 1.807) is 6.07 Å². The van der Waals surface area contributed by atoms with Crippen LogP contribution < -0.4 is 11.1 Å². The first-order valence-electron chi connectivity index (χ1n) is 9.08. The van der Waals surface area contributed by atoms with Crippen molar-refractivity contribution in [2.24, 2.45) is 17.8 Å². The molecule has 1 aromatic rings. The van der Waals surface area contributed by atoms with E-state index in [9.17, 15) is 13.2 Å². The summed E-state index contributed by atoms with van der Waals surface area (Å²) in [5.41, 5.74) is 6.45. The summed E-state index contributed by atoms with van der Waals surface area (Å²) in [6.07, 6.45) is 4.50. The summed E-state index contributed by atoms with van der Waals surface area (Å²) >= 11 is 0. The minimum absolute atomic E-state index is 0.0424. The second-order valence-corrected chi connectivity index (χ2v) is 9.61. The molecule has 1 unspecified atom stereocenters. The molecule has 136 valence electrons. The smallest absolute Gasteiger partial charge is 0.251 e. The Balaban J connectivity index is 1.56. The number of fused-ring (bicyclic) bond motifs is 2. The number of hydrogen-bond acceptors (Lipinski definition) is 4. The van der Waals surface area contributed by atoms with Crippen molar-refractivity contribution in [2.45, 2.75) is 43.5 Å². The lowest BCUT2D eigenvalue weighted by Crippen LogP contribution is -2.43. The van der Waals surface area contributed by atoms with Gasteiger partial charge in [-0.15, -0.1) is 0 Å². The van der Waals surface area contributed by atoms with Gasteiger partial charge in [-0.3, -0.25) is 4.79 Å². The highest BCUT2D eigenvalue weighted by Gasteiger charge is 2.45. The van der Waals surface area contributed by atoms with Crippen molar-refractivity contribution in [3.05, 3.63) is 23.8 Å². The Morgan fingerprint density at radius 2 is 1.96 bits per heavy atom. The Hall–Kier alpha value is -1.60. The van der Waals surface area contributed by atoms with Gasteiger partial charge in [0.25, 0.3) is 5.91 Å². The van der Waals surface area contributed by atoms with Gasteiger partial charge < -0.3 is 11.1 Å². The van der Waals surface area contributed by atoms with Crippen molar-refractivity contribution >= 4 is 21.6 Å². The van der Waals surface area contributed by atoms with Gasteiger partial charge in [-0.1, -0.05) is 6.92 Å². The molecular weight excluding hydrogens is 338 g/mol. The number of anilines is 1. The van der Waals surface area contributed by atoms with E-state index in [1.807, 2.05) is 0 Å². The topological polar surface area (TPSA) is 92.5 Å². The van der Waals surface area contributed by atoms with Crippen LogP contribution in [0.25, 0.3) is 0 Å². The lowest BCUT2D eigenvalue weighted by molar-refractivity contribution is 0.0904. The average Bonchev–Trinajstić information content (AvgIpc) is 3.08. The van der Waals surface area contributed by atoms with Gasteiger partial charge in [0.1, 0.15) is 4.90 Å². The van der Waals surface area contributed by atoms with Gasteiger partial charge in [-0.05, 0) is 61.6 Å². The minimum atomic E-state index is -3.61. The zero-order valence-electron chi connectivity index (χ0n) is 14.4. The molecule has 4 rings (SSSR count). The van der Waals surface area contributed by atoms with Crippen LogP contribution in [0.3, 0.4) is 0 Å². The molecular formula is C18H25N3O3S. The van der Waals surface area contributed by atoms with E-state index < -0.39 is 10.0 Å². The molecule has 3 aliphatic rings. The quantitative estimate of drug-likeness (QED) is 0.798. The molecule has 0 spiro atoms. The molecule has 3 N–H and O–H groups in total. The Labute approximate surface area is 148 Å². The molecule has 2 aliphatic carbocycles. The van der Waals surface area contributed by atoms with Gasteiger partial charge in [0.05, 0.1) is 5.69 Å². The normalized spacial score (nSPS) is 31.7. The zero-order valence-corrected chi connectivity index (χ0v) is 15.3. The van der Waals surface area contributed by atoms with Crippen LogP contribution in [-0.4, -0.2) is 37.8 Å². The summed E-state index contributed by atoms with van der Waals surface area (Å²) in [5, 5.41) is 3.14. The summed E-state index contributed by atoms with van der Waals surface area (Å²) in [6, 6.07) is 4.75. The van der Waals surface area contributed by atoms with Crippen LogP contribution in [0.5, 0.6) is 0 Å². The number of hydrogen-bond donors (Lipinski definition) is 2. The maximum absolute atomic E-state index is 12.7. The van der Waals surface area contributed by atoms with Crippen molar-refractivity contribution in [1.29, 1.82) is 0 Å². The molecule has 6 nitrogen and oxygen atoms in total. The lowest BCUT2D eigenvalue weighted by Gasteiger charge is -2.30. The third kappa shape index (κ3) is 2.73. The maximum Gasteiger partial charge on any atom is 0.251 e. The Bertz CT molecular complexity index is 802. The van der Waals surface area contributed by atoms with Crippen molar-refractivity contribution in [2.75, 3.05) is 18.8 Å². The number of nitrogens with one attached hydrogen (secondary N) is 1. The van der Waals surface area contributed by atoms with Crippen LogP contribution in [0.15, 0.2) is 23.1 Å². The van der Waals surface area contributed by atoms with E-state index in [1.165, 1.54) is 35.7 Å². The molecule has 4 atom stereocenters.